The van der Waals surface area contributed by atoms with E-state index in [2.05, 4.69) is 18.9 Å². The molecule has 5 heteroatoms. The number of hydrogen-bond acceptors (Lipinski definition) is 2. The zero-order valence-electron chi connectivity index (χ0n) is 13.8. The van der Waals surface area contributed by atoms with E-state index in [0.29, 0.717) is 23.8 Å². The van der Waals surface area contributed by atoms with Crippen LogP contribution in [0.3, 0.4) is 0 Å². The fourth-order valence-corrected chi connectivity index (χ4v) is 4.69. The Bertz CT molecular complexity index is 438. The fraction of sp³-hybridized carbons (Fsp3) is 0.938. The summed E-state index contributed by atoms with van der Waals surface area (Å²) in [6, 6.07) is 0.768. The molecule has 21 heavy (non-hydrogen) atoms. The molecule has 3 heterocycles. The molecule has 3 N–H and O–H groups in total. The van der Waals surface area contributed by atoms with E-state index < -0.39 is 0 Å². The smallest absolute Gasteiger partial charge is 0.338 e. The van der Waals surface area contributed by atoms with Gasteiger partial charge in [0.1, 0.15) is 19.5 Å². The standard InChI is InChI=1S/C16H31N4O/c1-4-20(3)8-6-15(14(17)11-20)19-7-5-12-9-18(2)16(21)13(12)10-19/h12-15H,4-11,17H2,1-3H3/q+1/p+1/t12-,13-,14?,15?,20?/m0/s1. The molecule has 0 aromatic rings. The number of likely N-dealkylation sites (N-methyl/N-ethyl adjacent to an activating group) is 1. The van der Waals surface area contributed by atoms with E-state index in [1.807, 2.05) is 11.6 Å². The van der Waals surface area contributed by atoms with Gasteiger partial charge in [0.05, 0.1) is 32.7 Å². The molecule has 0 aromatic heterocycles. The first-order valence-corrected chi connectivity index (χ1v) is 8.53. The summed E-state index contributed by atoms with van der Waals surface area (Å²) in [7, 11) is 4.34. The van der Waals surface area contributed by atoms with Gasteiger partial charge in [0.2, 0.25) is 0 Å². The van der Waals surface area contributed by atoms with Crippen LogP contribution < -0.4 is 5.73 Å². The van der Waals surface area contributed by atoms with Crippen LogP contribution in [0.5, 0.6) is 0 Å². The zero-order valence-corrected chi connectivity index (χ0v) is 13.8. The van der Waals surface area contributed by atoms with Gasteiger partial charge in [-0.15, -0.1) is 0 Å². The fourth-order valence-electron chi connectivity index (χ4n) is 4.69. The highest BCUT2D eigenvalue weighted by molar-refractivity contribution is 5.73. The van der Waals surface area contributed by atoms with Crippen LogP contribution in [0.2, 0.25) is 0 Å². The first-order chi connectivity index (χ1) is 9.93. The first-order valence-electron chi connectivity index (χ1n) is 8.53. The van der Waals surface area contributed by atoms with Crippen molar-refractivity contribution in [1.82, 2.24) is 4.90 Å². The van der Waals surface area contributed by atoms with Crippen molar-refractivity contribution < 1.29 is 14.2 Å². The average Bonchev–Trinajstić information content (AvgIpc) is 2.74. The molecule has 3 aliphatic heterocycles. The van der Waals surface area contributed by atoms with Gasteiger partial charge >= 0.3 is 5.90 Å². The minimum Gasteiger partial charge on any atom is -0.463 e. The summed E-state index contributed by atoms with van der Waals surface area (Å²) in [5, 5.41) is 10.3. The summed E-state index contributed by atoms with van der Waals surface area (Å²) in [5.41, 5.74) is 6.52. The van der Waals surface area contributed by atoms with Gasteiger partial charge in [0, 0.05) is 24.9 Å². The summed E-state index contributed by atoms with van der Waals surface area (Å²) in [6.07, 6.45) is 2.39. The Morgan fingerprint density at radius 2 is 2.19 bits per heavy atom. The second kappa shape index (κ2) is 5.52. The van der Waals surface area contributed by atoms with Gasteiger partial charge in [-0.1, -0.05) is 0 Å². The van der Waals surface area contributed by atoms with Gasteiger partial charge in [-0.2, -0.15) is 0 Å². The summed E-state index contributed by atoms with van der Waals surface area (Å²) < 4.78 is 3.14. The van der Waals surface area contributed by atoms with Crippen molar-refractivity contribution in [2.24, 2.45) is 17.6 Å². The van der Waals surface area contributed by atoms with Crippen LogP contribution in [-0.2, 0) is 0 Å². The minimum atomic E-state index is 0.265. The van der Waals surface area contributed by atoms with Crippen LogP contribution in [0.1, 0.15) is 19.8 Å². The van der Waals surface area contributed by atoms with E-state index in [1.165, 1.54) is 25.9 Å². The number of piperidine rings is 2. The van der Waals surface area contributed by atoms with Crippen LogP contribution in [0.15, 0.2) is 0 Å². The van der Waals surface area contributed by atoms with Gasteiger partial charge in [0.25, 0.3) is 0 Å². The molecule has 0 saturated carbocycles. The third kappa shape index (κ3) is 2.71. The molecule has 0 spiro atoms. The predicted molar refractivity (Wildman–Crippen MR) is 84.7 cm³/mol. The molecule has 2 saturated heterocycles. The van der Waals surface area contributed by atoms with Gasteiger partial charge in [-0.25, -0.2) is 4.58 Å². The summed E-state index contributed by atoms with van der Waals surface area (Å²) in [5.74, 6) is 1.58. The van der Waals surface area contributed by atoms with Crippen LogP contribution in [0, 0.1) is 11.8 Å². The molecule has 3 unspecified atom stereocenters. The second-order valence-electron chi connectivity index (χ2n) is 7.75. The van der Waals surface area contributed by atoms with Crippen LogP contribution in [0.4, 0.5) is 0 Å². The van der Waals surface area contributed by atoms with Gasteiger partial charge in [0.15, 0.2) is 0 Å². The van der Waals surface area contributed by atoms with E-state index in [4.69, 9.17) is 5.73 Å². The van der Waals surface area contributed by atoms with E-state index >= 15 is 0 Å². The van der Waals surface area contributed by atoms with Crippen LogP contribution >= 0.6 is 0 Å². The predicted octanol–water partition coefficient (Wildman–Crippen LogP) is 0.103. The zero-order chi connectivity index (χ0) is 15.2. The Balaban J connectivity index is 1.66. The Morgan fingerprint density at radius 3 is 2.86 bits per heavy atom. The van der Waals surface area contributed by atoms with Crippen LogP contribution in [-0.4, -0.2) is 90.4 Å². The van der Waals surface area contributed by atoms with Crippen LogP contribution in [0.25, 0.3) is 0 Å². The van der Waals surface area contributed by atoms with Gasteiger partial charge in [-0.3, -0.25) is 4.90 Å². The first kappa shape index (κ1) is 15.3. The molecule has 0 aliphatic carbocycles. The molecule has 5 atom stereocenters. The average molecular weight is 296 g/mol. The third-order valence-electron chi connectivity index (χ3n) is 6.36. The normalized spacial score (nSPS) is 45.0. The minimum absolute atomic E-state index is 0.265. The number of quaternary nitrogens is 1. The van der Waals surface area contributed by atoms with Crippen molar-refractivity contribution >= 4 is 5.90 Å². The van der Waals surface area contributed by atoms with Crippen molar-refractivity contribution in [3.05, 3.63) is 0 Å². The number of aliphatic hydroxyl groups excluding tert-OH is 1. The highest BCUT2D eigenvalue weighted by Crippen LogP contribution is 2.32. The molecule has 0 radical (unpaired) electrons. The number of nitrogens with zero attached hydrogens (tertiary/aromatic N) is 3. The quantitative estimate of drug-likeness (QED) is 0.561. The maximum Gasteiger partial charge on any atom is 0.338 e. The molecular formula is C16H32N4O+2. The number of rotatable bonds is 2. The molecule has 3 rings (SSSR count). The summed E-state index contributed by atoms with van der Waals surface area (Å²) >= 11 is 0. The Kier molecular flexibility index (Phi) is 4.01. The number of aliphatic hydroxyl groups is 1. The van der Waals surface area contributed by atoms with Gasteiger partial charge in [-0.05, 0) is 19.9 Å². The molecule has 0 amide bonds. The third-order valence-corrected chi connectivity index (χ3v) is 6.36. The van der Waals surface area contributed by atoms with E-state index in [-0.39, 0.29) is 6.04 Å². The number of likely N-dealkylation sites (tertiary alicyclic amines) is 2. The van der Waals surface area contributed by atoms with E-state index in [9.17, 15) is 5.11 Å². The Labute approximate surface area is 128 Å². The topological polar surface area (TPSA) is 52.5 Å². The molecule has 3 aliphatic rings. The van der Waals surface area contributed by atoms with Crippen molar-refractivity contribution in [1.29, 1.82) is 0 Å². The van der Waals surface area contributed by atoms with Crippen molar-refractivity contribution in [2.75, 3.05) is 53.4 Å². The lowest BCUT2D eigenvalue weighted by atomic mass is 9.85. The summed E-state index contributed by atoms with van der Waals surface area (Å²) in [4.78, 5) is 2.57. The largest absolute Gasteiger partial charge is 0.463 e. The van der Waals surface area contributed by atoms with Crippen molar-refractivity contribution in [3.63, 3.8) is 0 Å². The van der Waals surface area contributed by atoms with Crippen molar-refractivity contribution in [2.45, 2.75) is 31.8 Å². The van der Waals surface area contributed by atoms with E-state index in [0.717, 1.165) is 30.7 Å². The molecular weight excluding hydrogens is 264 g/mol. The Morgan fingerprint density at radius 1 is 1.43 bits per heavy atom. The Hall–Kier alpha value is -0.650. The van der Waals surface area contributed by atoms with Gasteiger partial charge < -0.3 is 15.3 Å². The second-order valence-corrected chi connectivity index (χ2v) is 7.75. The number of hydrogen-bond donors (Lipinski definition) is 2. The molecule has 0 bridgehead atoms. The molecule has 120 valence electrons. The molecule has 0 aromatic carbocycles. The lowest BCUT2D eigenvalue weighted by molar-refractivity contribution is -0.913. The lowest BCUT2D eigenvalue weighted by Crippen LogP contribution is -2.65. The molecule has 2 fully saturated rings. The highest BCUT2D eigenvalue weighted by atomic mass is 16.3. The maximum absolute atomic E-state index is 10.3. The van der Waals surface area contributed by atoms with E-state index in [1.54, 1.807) is 0 Å². The maximum atomic E-state index is 10.3. The highest BCUT2D eigenvalue weighted by Gasteiger charge is 2.47. The summed E-state index contributed by atoms with van der Waals surface area (Å²) in [6.45, 7) is 8.91. The van der Waals surface area contributed by atoms with Crippen molar-refractivity contribution in [3.8, 4) is 0 Å². The monoisotopic (exact) mass is 296 g/mol. The SMILES string of the molecule is CC[N+]1(C)CCC(N2CC[C@H]3C[N+](C)=C(O)[C@H]3C2)C(N)C1. The number of nitrogens with two attached hydrogens (primary N) is 1. The lowest BCUT2D eigenvalue weighted by Gasteiger charge is -2.48. The number of fused-ring (bicyclic) bond motifs is 1. The molecule has 5 nitrogen and oxygen atoms in total.